The van der Waals surface area contributed by atoms with Crippen molar-refractivity contribution in [2.75, 3.05) is 0 Å². The highest BCUT2D eigenvalue weighted by Crippen LogP contribution is 2.36. The van der Waals surface area contributed by atoms with Crippen LogP contribution in [0, 0.1) is 11.3 Å². The molecule has 1 aliphatic rings. The Bertz CT molecular complexity index is 730. The molecule has 0 N–H and O–H groups in total. The second kappa shape index (κ2) is 4.59. The Labute approximate surface area is 125 Å². The van der Waals surface area contributed by atoms with Gasteiger partial charge in [-0.2, -0.15) is 5.26 Å². The van der Waals surface area contributed by atoms with E-state index >= 15 is 0 Å². The molecule has 1 fully saturated rings. The number of nitriles is 1. The molecular formula is C17H18BNO2. The van der Waals surface area contributed by atoms with Crippen LogP contribution in [0.15, 0.2) is 36.4 Å². The standard InChI is InChI=1S/C17H18BNO2/c1-16(2)17(3,4)21-18(20-16)14-8-9-15-12(10-14)6-5-7-13(15)11-19/h5-10H,1-4H3. The van der Waals surface area contributed by atoms with Gasteiger partial charge in [-0.3, -0.25) is 0 Å². The average molecular weight is 279 g/mol. The van der Waals surface area contributed by atoms with Gasteiger partial charge >= 0.3 is 7.12 Å². The van der Waals surface area contributed by atoms with Crippen LogP contribution in [0.4, 0.5) is 0 Å². The third-order valence-electron chi connectivity index (χ3n) is 4.55. The van der Waals surface area contributed by atoms with E-state index in [1.54, 1.807) is 0 Å². The first-order valence-electron chi connectivity index (χ1n) is 7.12. The minimum atomic E-state index is -0.370. The largest absolute Gasteiger partial charge is 0.494 e. The van der Waals surface area contributed by atoms with Crippen molar-refractivity contribution in [2.24, 2.45) is 0 Å². The maximum absolute atomic E-state index is 9.15. The summed E-state index contributed by atoms with van der Waals surface area (Å²) in [6.07, 6.45) is 0. The number of benzene rings is 2. The summed E-state index contributed by atoms with van der Waals surface area (Å²) in [6.45, 7) is 8.17. The van der Waals surface area contributed by atoms with Crippen molar-refractivity contribution in [3.05, 3.63) is 42.0 Å². The molecule has 0 spiro atoms. The molecule has 3 nitrogen and oxygen atoms in total. The lowest BCUT2D eigenvalue weighted by molar-refractivity contribution is 0.00578. The van der Waals surface area contributed by atoms with Crippen molar-refractivity contribution in [1.82, 2.24) is 0 Å². The molecule has 0 atom stereocenters. The second-order valence-corrected chi connectivity index (χ2v) is 6.49. The maximum Gasteiger partial charge on any atom is 0.494 e. The van der Waals surface area contributed by atoms with E-state index in [0.717, 1.165) is 16.2 Å². The van der Waals surface area contributed by atoms with E-state index in [1.165, 1.54) is 0 Å². The summed E-state index contributed by atoms with van der Waals surface area (Å²) in [7, 11) is -0.370. The monoisotopic (exact) mass is 279 g/mol. The molecular weight excluding hydrogens is 261 g/mol. The lowest BCUT2D eigenvalue weighted by atomic mass is 9.78. The van der Waals surface area contributed by atoms with Crippen molar-refractivity contribution in [3.63, 3.8) is 0 Å². The summed E-state index contributed by atoms with van der Waals surface area (Å²) in [5.74, 6) is 0. The molecule has 0 unspecified atom stereocenters. The maximum atomic E-state index is 9.15. The normalized spacial score (nSPS) is 19.7. The molecule has 0 amide bonds. The molecule has 0 radical (unpaired) electrons. The lowest BCUT2D eigenvalue weighted by Gasteiger charge is -2.32. The van der Waals surface area contributed by atoms with Crippen LogP contribution < -0.4 is 5.46 Å². The molecule has 2 aromatic carbocycles. The van der Waals surface area contributed by atoms with Crippen LogP contribution in [0.2, 0.25) is 0 Å². The molecule has 21 heavy (non-hydrogen) atoms. The number of fused-ring (bicyclic) bond motifs is 1. The Morgan fingerprint density at radius 3 is 2.29 bits per heavy atom. The molecule has 0 saturated carbocycles. The third-order valence-corrected chi connectivity index (χ3v) is 4.55. The van der Waals surface area contributed by atoms with Gasteiger partial charge in [0.05, 0.1) is 22.8 Å². The van der Waals surface area contributed by atoms with Crippen molar-refractivity contribution in [1.29, 1.82) is 5.26 Å². The molecule has 1 saturated heterocycles. The van der Waals surface area contributed by atoms with Crippen molar-refractivity contribution in [3.8, 4) is 6.07 Å². The van der Waals surface area contributed by atoms with Crippen LogP contribution in [0.1, 0.15) is 33.3 Å². The van der Waals surface area contributed by atoms with Crippen molar-refractivity contribution in [2.45, 2.75) is 38.9 Å². The first kappa shape index (κ1) is 14.1. The van der Waals surface area contributed by atoms with Gasteiger partial charge in [0, 0.05) is 0 Å². The second-order valence-electron chi connectivity index (χ2n) is 6.49. The topological polar surface area (TPSA) is 42.2 Å². The van der Waals surface area contributed by atoms with Crippen LogP contribution in [-0.2, 0) is 9.31 Å². The van der Waals surface area contributed by atoms with Gasteiger partial charge in [0.15, 0.2) is 0 Å². The number of hydrogen-bond donors (Lipinski definition) is 0. The summed E-state index contributed by atoms with van der Waals surface area (Å²) >= 11 is 0. The van der Waals surface area contributed by atoms with Crippen molar-refractivity contribution < 1.29 is 9.31 Å². The molecule has 3 rings (SSSR count). The first-order valence-corrected chi connectivity index (χ1v) is 7.12. The van der Waals surface area contributed by atoms with E-state index < -0.39 is 0 Å². The summed E-state index contributed by atoms with van der Waals surface area (Å²) in [6, 6.07) is 13.9. The zero-order chi connectivity index (χ0) is 15.3. The third kappa shape index (κ3) is 2.23. The van der Waals surface area contributed by atoms with Crippen LogP contribution in [0.5, 0.6) is 0 Å². The minimum absolute atomic E-state index is 0.346. The molecule has 1 heterocycles. The molecule has 0 bridgehead atoms. The average Bonchev–Trinajstić information content (AvgIpc) is 2.66. The fraction of sp³-hybridized carbons (Fsp3) is 0.353. The van der Waals surface area contributed by atoms with E-state index in [9.17, 15) is 0 Å². The smallest absolute Gasteiger partial charge is 0.399 e. The Balaban J connectivity index is 2.02. The lowest BCUT2D eigenvalue weighted by Crippen LogP contribution is -2.41. The number of hydrogen-bond acceptors (Lipinski definition) is 3. The number of nitrogens with zero attached hydrogens (tertiary/aromatic N) is 1. The van der Waals surface area contributed by atoms with Crippen LogP contribution in [0.3, 0.4) is 0 Å². The fourth-order valence-electron chi connectivity index (χ4n) is 2.53. The molecule has 106 valence electrons. The number of rotatable bonds is 1. The highest BCUT2D eigenvalue weighted by molar-refractivity contribution is 6.62. The van der Waals surface area contributed by atoms with Gasteiger partial charge in [-0.1, -0.05) is 30.3 Å². The predicted molar refractivity (Wildman–Crippen MR) is 84.4 cm³/mol. The van der Waals surface area contributed by atoms with Gasteiger partial charge in [0.2, 0.25) is 0 Å². The van der Waals surface area contributed by atoms with Gasteiger partial charge in [-0.05, 0) is 50.0 Å². The highest BCUT2D eigenvalue weighted by atomic mass is 16.7. The molecule has 0 aromatic heterocycles. The molecule has 0 aliphatic carbocycles. The van der Waals surface area contributed by atoms with Gasteiger partial charge in [-0.15, -0.1) is 0 Å². The van der Waals surface area contributed by atoms with E-state index in [1.807, 2.05) is 64.1 Å². The Hall–Kier alpha value is -1.83. The van der Waals surface area contributed by atoms with Gasteiger partial charge in [0.1, 0.15) is 0 Å². The van der Waals surface area contributed by atoms with Gasteiger partial charge in [0.25, 0.3) is 0 Å². The molecule has 4 heteroatoms. The predicted octanol–water partition coefficient (Wildman–Crippen LogP) is 3.01. The van der Waals surface area contributed by atoms with Gasteiger partial charge in [-0.25, -0.2) is 0 Å². The van der Waals surface area contributed by atoms with E-state index in [-0.39, 0.29) is 18.3 Å². The molecule has 2 aromatic rings. The summed E-state index contributed by atoms with van der Waals surface area (Å²) in [5, 5.41) is 11.1. The fourth-order valence-corrected chi connectivity index (χ4v) is 2.53. The quantitative estimate of drug-likeness (QED) is 0.753. The van der Waals surface area contributed by atoms with Crippen LogP contribution in [-0.4, -0.2) is 18.3 Å². The van der Waals surface area contributed by atoms with Crippen LogP contribution in [0.25, 0.3) is 10.8 Å². The van der Waals surface area contributed by atoms with Gasteiger partial charge < -0.3 is 9.31 Å². The summed E-state index contributed by atoms with van der Waals surface area (Å²) < 4.78 is 12.1. The van der Waals surface area contributed by atoms with E-state index in [0.29, 0.717) is 5.56 Å². The molecule has 1 aliphatic heterocycles. The zero-order valence-electron chi connectivity index (χ0n) is 12.8. The Morgan fingerprint density at radius 2 is 1.67 bits per heavy atom. The SMILES string of the molecule is CC1(C)OB(c2ccc3c(C#N)cccc3c2)OC1(C)C. The van der Waals surface area contributed by atoms with E-state index in [2.05, 4.69) is 6.07 Å². The zero-order valence-corrected chi connectivity index (χ0v) is 12.8. The van der Waals surface area contributed by atoms with Crippen molar-refractivity contribution >= 4 is 23.4 Å². The minimum Gasteiger partial charge on any atom is -0.399 e. The Morgan fingerprint density at radius 1 is 1.00 bits per heavy atom. The van der Waals surface area contributed by atoms with E-state index in [4.69, 9.17) is 14.6 Å². The summed E-state index contributed by atoms with van der Waals surface area (Å²) in [5.41, 5.74) is 0.978. The van der Waals surface area contributed by atoms with Crippen LogP contribution >= 0.6 is 0 Å². The Kier molecular flexibility index (Phi) is 3.09. The summed E-state index contributed by atoms with van der Waals surface area (Å²) in [4.78, 5) is 0. The highest BCUT2D eigenvalue weighted by Gasteiger charge is 2.51. The first-order chi connectivity index (χ1) is 9.84.